The fraction of sp³-hybridized carbons (Fsp3) is 0.545. The van der Waals surface area contributed by atoms with Crippen molar-refractivity contribution < 1.29 is 19.1 Å². The van der Waals surface area contributed by atoms with Gasteiger partial charge in [-0.2, -0.15) is 5.26 Å². The van der Waals surface area contributed by atoms with E-state index in [0.717, 1.165) is 6.08 Å². The molecular formula is C11H11NO4. The second-order valence-corrected chi connectivity index (χ2v) is 4.00. The topological polar surface area (TPSA) is 76.4 Å². The van der Waals surface area contributed by atoms with Gasteiger partial charge < -0.3 is 9.47 Å². The third-order valence-corrected chi connectivity index (χ3v) is 3.02. The Kier molecular flexibility index (Phi) is 2.65. The molecule has 4 atom stereocenters. The van der Waals surface area contributed by atoms with Crippen LogP contribution in [0.5, 0.6) is 0 Å². The van der Waals surface area contributed by atoms with Crippen LogP contribution in [0.4, 0.5) is 0 Å². The third-order valence-electron chi connectivity index (χ3n) is 3.02. The SMILES string of the molecule is C=CC(=O)OC1C2CC(=O)OC1C(C#N)C2. The Morgan fingerprint density at radius 3 is 3.06 bits per heavy atom. The predicted molar refractivity (Wildman–Crippen MR) is 51.8 cm³/mol. The average molecular weight is 221 g/mol. The van der Waals surface area contributed by atoms with Gasteiger partial charge in [0.25, 0.3) is 0 Å². The van der Waals surface area contributed by atoms with E-state index in [0.29, 0.717) is 6.42 Å². The first-order valence-electron chi connectivity index (χ1n) is 5.08. The van der Waals surface area contributed by atoms with Gasteiger partial charge in [-0.05, 0) is 6.42 Å². The Morgan fingerprint density at radius 2 is 2.44 bits per heavy atom. The number of nitrogens with zero attached hydrogens (tertiary/aromatic N) is 1. The van der Waals surface area contributed by atoms with E-state index in [4.69, 9.17) is 14.7 Å². The second-order valence-electron chi connectivity index (χ2n) is 4.00. The fourth-order valence-electron chi connectivity index (χ4n) is 2.33. The lowest BCUT2D eigenvalue weighted by molar-refractivity contribution is -0.175. The number of ether oxygens (including phenoxy) is 2. The number of fused-ring (bicyclic) bond motifs is 2. The summed E-state index contributed by atoms with van der Waals surface area (Å²) in [6, 6.07) is 2.08. The quantitative estimate of drug-likeness (QED) is 0.503. The Morgan fingerprint density at radius 1 is 1.69 bits per heavy atom. The Hall–Kier alpha value is -1.83. The van der Waals surface area contributed by atoms with Crippen molar-refractivity contribution in [1.82, 2.24) is 0 Å². The van der Waals surface area contributed by atoms with E-state index in [2.05, 4.69) is 12.6 Å². The molecule has 0 amide bonds. The first-order valence-corrected chi connectivity index (χ1v) is 5.08. The van der Waals surface area contributed by atoms with Gasteiger partial charge in [-0.15, -0.1) is 0 Å². The molecule has 2 fully saturated rings. The summed E-state index contributed by atoms with van der Waals surface area (Å²) >= 11 is 0. The molecule has 2 aliphatic rings. The van der Waals surface area contributed by atoms with Crippen molar-refractivity contribution in [3.63, 3.8) is 0 Å². The van der Waals surface area contributed by atoms with Crippen LogP contribution >= 0.6 is 0 Å². The molecule has 1 saturated heterocycles. The normalized spacial score (nSPS) is 36.1. The van der Waals surface area contributed by atoms with Crippen molar-refractivity contribution >= 4 is 11.9 Å². The number of carbonyl (C=O) groups excluding carboxylic acids is 2. The number of carbonyl (C=O) groups is 2. The molecule has 1 heterocycles. The number of rotatable bonds is 2. The summed E-state index contributed by atoms with van der Waals surface area (Å²) in [5.41, 5.74) is 0. The van der Waals surface area contributed by atoms with Crippen molar-refractivity contribution in [2.45, 2.75) is 25.0 Å². The molecule has 1 aliphatic carbocycles. The molecule has 5 nitrogen and oxygen atoms in total. The van der Waals surface area contributed by atoms with E-state index < -0.39 is 18.2 Å². The molecule has 4 unspecified atom stereocenters. The summed E-state index contributed by atoms with van der Waals surface area (Å²) in [5, 5.41) is 8.91. The molecule has 5 heteroatoms. The molecule has 0 N–H and O–H groups in total. The van der Waals surface area contributed by atoms with Crippen LogP contribution in [0, 0.1) is 23.2 Å². The van der Waals surface area contributed by atoms with E-state index in [1.54, 1.807) is 0 Å². The molecule has 0 aromatic carbocycles. The first-order chi connectivity index (χ1) is 7.65. The molecule has 84 valence electrons. The lowest BCUT2D eigenvalue weighted by Gasteiger charge is -2.29. The predicted octanol–water partition coefficient (Wildman–Crippen LogP) is 0.559. The van der Waals surface area contributed by atoms with Crippen LogP contribution in [0.2, 0.25) is 0 Å². The zero-order chi connectivity index (χ0) is 11.7. The summed E-state index contributed by atoms with van der Waals surface area (Å²) in [5.74, 6) is -1.34. The third kappa shape index (κ3) is 1.67. The maximum absolute atomic E-state index is 11.2. The molecule has 1 aliphatic heterocycles. The van der Waals surface area contributed by atoms with Crippen molar-refractivity contribution in [3.8, 4) is 6.07 Å². The highest BCUT2D eigenvalue weighted by atomic mass is 16.6. The molecule has 1 saturated carbocycles. The number of esters is 2. The fourth-order valence-corrected chi connectivity index (χ4v) is 2.33. The second kappa shape index (κ2) is 3.97. The van der Waals surface area contributed by atoms with Crippen LogP contribution in [0.25, 0.3) is 0 Å². The minimum Gasteiger partial charge on any atom is -0.457 e. The summed E-state index contributed by atoms with van der Waals surface area (Å²) in [7, 11) is 0. The molecule has 16 heavy (non-hydrogen) atoms. The summed E-state index contributed by atoms with van der Waals surface area (Å²) in [4.78, 5) is 22.3. The van der Waals surface area contributed by atoms with Crippen LogP contribution < -0.4 is 0 Å². The Balaban J connectivity index is 2.15. The van der Waals surface area contributed by atoms with E-state index in [9.17, 15) is 9.59 Å². The highest BCUT2D eigenvalue weighted by molar-refractivity contribution is 5.81. The van der Waals surface area contributed by atoms with Gasteiger partial charge in [0.1, 0.15) is 6.10 Å². The van der Waals surface area contributed by atoms with E-state index >= 15 is 0 Å². The number of hydrogen-bond donors (Lipinski definition) is 0. The van der Waals surface area contributed by atoms with Gasteiger partial charge in [-0.3, -0.25) is 4.79 Å². The van der Waals surface area contributed by atoms with E-state index in [-0.39, 0.29) is 24.2 Å². The van der Waals surface area contributed by atoms with Crippen molar-refractivity contribution in [3.05, 3.63) is 12.7 Å². The van der Waals surface area contributed by atoms with Crippen LogP contribution in [0.1, 0.15) is 12.8 Å². The Bertz CT molecular complexity index is 384. The molecule has 2 rings (SSSR count). The molecule has 0 spiro atoms. The molecular weight excluding hydrogens is 210 g/mol. The standard InChI is InChI=1S/C11H11NO4/c1-2-8(13)15-10-6-3-7(5-12)11(10)16-9(14)4-6/h2,6-7,10-11H,1,3-4H2. The summed E-state index contributed by atoms with van der Waals surface area (Å²) in [6.07, 6.45) is 0.719. The minimum atomic E-state index is -0.611. The van der Waals surface area contributed by atoms with Gasteiger partial charge in [0.15, 0.2) is 6.10 Å². The summed E-state index contributed by atoms with van der Waals surface area (Å²) in [6.45, 7) is 3.30. The zero-order valence-corrected chi connectivity index (χ0v) is 8.59. The van der Waals surface area contributed by atoms with Gasteiger partial charge in [-0.25, -0.2) is 4.79 Å². The molecule has 0 aromatic rings. The zero-order valence-electron chi connectivity index (χ0n) is 8.59. The van der Waals surface area contributed by atoms with Gasteiger partial charge in [0, 0.05) is 12.0 Å². The van der Waals surface area contributed by atoms with Crippen LogP contribution in [0.15, 0.2) is 12.7 Å². The first kappa shape index (κ1) is 10.7. The summed E-state index contributed by atoms with van der Waals surface area (Å²) < 4.78 is 10.2. The lowest BCUT2D eigenvalue weighted by Crippen LogP contribution is -2.41. The number of nitriles is 1. The van der Waals surface area contributed by atoms with Crippen molar-refractivity contribution in [2.24, 2.45) is 11.8 Å². The maximum Gasteiger partial charge on any atom is 0.330 e. The Labute approximate surface area is 92.6 Å². The maximum atomic E-state index is 11.2. The number of hydrogen-bond acceptors (Lipinski definition) is 5. The van der Waals surface area contributed by atoms with E-state index in [1.165, 1.54) is 0 Å². The van der Waals surface area contributed by atoms with Crippen LogP contribution in [-0.2, 0) is 19.1 Å². The lowest BCUT2D eigenvalue weighted by atomic mass is 9.99. The average Bonchev–Trinajstić information content (AvgIpc) is 2.47. The van der Waals surface area contributed by atoms with Crippen molar-refractivity contribution in [1.29, 1.82) is 5.26 Å². The molecule has 2 bridgehead atoms. The van der Waals surface area contributed by atoms with Crippen molar-refractivity contribution in [2.75, 3.05) is 0 Å². The van der Waals surface area contributed by atoms with E-state index in [1.807, 2.05) is 0 Å². The molecule has 0 radical (unpaired) electrons. The van der Waals surface area contributed by atoms with Gasteiger partial charge in [0.05, 0.1) is 18.4 Å². The largest absolute Gasteiger partial charge is 0.457 e. The van der Waals surface area contributed by atoms with Crippen LogP contribution in [0.3, 0.4) is 0 Å². The highest BCUT2D eigenvalue weighted by Crippen LogP contribution is 2.41. The minimum absolute atomic E-state index is 0.0974. The van der Waals surface area contributed by atoms with Gasteiger partial charge >= 0.3 is 11.9 Å². The smallest absolute Gasteiger partial charge is 0.330 e. The monoisotopic (exact) mass is 221 g/mol. The molecule has 0 aromatic heterocycles. The van der Waals surface area contributed by atoms with Gasteiger partial charge in [0.2, 0.25) is 0 Å². The highest BCUT2D eigenvalue weighted by Gasteiger charge is 2.52. The van der Waals surface area contributed by atoms with Crippen LogP contribution in [-0.4, -0.2) is 24.1 Å². The van der Waals surface area contributed by atoms with Gasteiger partial charge in [-0.1, -0.05) is 6.58 Å².